The molecule has 2 aromatic rings. The van der Waals surface area contributed by atoms with Crippen LogP contribution in [0.1, 0.15) is 113 Å². The van der Waals surface area contributed by atoms with Crippen LogP contribution in [0.3, 0.4) is 0 Å². The summed E-state index contributed by atoms with van der Waals surface area (Å²) in [6, 6.07) is 12.8. The average Bonchev–Trinajstić information content (AvgIpc) is 2.82. The van der Waals surface area contributed by atoms with E-state index in [1.54, 1.807) is 18.2 Å². The number of hydrogen-bond acceptors (Lipinski definition) is 2. The van der Waals surface area contributed by atoms with Crippen LogP contribution < -0.4 is 0 Å². The second-order valence-corrected chi connectivity index (χ2v) is 9.89. The molecule has 0 spiro atoms. The van der Waals surface area contributed by atoms with Crippen molar-refractivity contribution >= 4 is 5.97 Å². The lowest BCUT2D eigenvalue weighted by molar-refractivity contribution is 0.0319. The van der Waals surface area contributed by atoms with Gasteiger partial charge in [0.25, 0.3) is 0 Å². The molecular weight excluding hydrogens is 411 g/mol. The molecule has 2 aromatic carbocycles. The third-order valence-electron chi connectivity index (χ3n) is 7.21. The van der Waals surface area contributed by atoms with Crippen LogP contribution in [-0.4, -0.2) is 12.1 Å². The van der Waals surface area contributed by atoms with Crippen molar-refractivity contribution in [2.75, 3.05) is 0 Å². The first kappa shape index (κ1) is 25.5. The van der Waals surface area contributed by atoms with E-state index in [-0.39, 0.29) is 17.9 Å². The Bertz CT molecular complexity index is 865. The maximum atomic E-state index is 15.0. The van der Waals surface area contributed by atoms with Gasteiger partial charge in [0.1, 0.15) is 5.82 Å². The van der Waals surface area contributed by atoms with E-state index in [0.29, 0.717) is 17.0 Å². The van der Waals surface area contributed by atoms with E-state index in [2.05, 4.69) is 19.9 Å². The first-order chi connectivity index (χ1) is 16.0. The number of hydrogen-bond donors (Lipinski definition) is 0. The second kappa shape index (κ2) is 12.9. The SMILES string of the molecule is CCCCCCC(C)OC(=O)c1ccc(-c2ccc([C@H]3CC[C@H](CCC)CC3)cc2F)cc1. The minimum absolute atomic E-state index is 0.0870. The van der Waals surface area contributed by atoms with Crippen LogP contribution in [0.15, 0.2) is 42.5 Å². The van der Waals surface area contributed by atoms with Crippen LogP contribution >= 0.6 is 0 Å². The molecule has 0 aliphatic heterocycles. The Hall–Kier alpha value is -2.16. The lowest BCUT2D eigenvalue weighted by Gasteiger charge is -2.28. The fourth-order valence-corrected chi connectivity index (χ4v) is 5.17. The molecule has 0 bridgehead atoms. The van der Waals surface area contributed by atoms with Crippen molar-refractivity contribution in [2.24, 2.45) is 5.92 Å². The number of halogens is 1. The van der Waals surface area contributed by atoms with Crippen LogP contribution in [-0.2, 0) is 4.74 Å². The van der Waals surface area contributed by atoms with Crippen molar-refractivity contribution < 1.29 is 13.9 Å². The van der Waals surface area contributed by atoms with Gasteiger partial charge in [0.15, 0.2) is 0 Å². The predicted octanol–water partition coefficient (Wildman–Crippen LogP) is 9.08. The van der Waals surface area contributed by atoms with Crippen LogP contribution in [0.2, 0.25) is 0 Å². The summed E-state index contributed by atoms with van der Waals surface area (Å²) in [7, 11) is 0. The van der Waals surface area contributed by atoms with Gasteiger partial charge in [-0.2, -0.15) is 0 Å². The predicted molar refractivity (Wildman–Crippen MR) is 135 cm³/mol. The van der Waals surface area contributed by atoms with E-state index in [9.17, 15) is 4.79 Å². The van der Waals surface area contributed by atoms with Crippen LogP contribution in [0.4, 0.5) is 4.39 Å². The Morgan fingerprint density at radius 2 is 1.70 bits per heavy atom. The van der Waals surface area contributed by atoms with Crippen LogP contribution in [0, 0.1) is 11.7 Å². The number of rotatable bonds is 11. The molecule has 1 aliphatic carbocycles. The smallest absolute Gasteiger partial charge is 0.338 e. The molecule has 3 rings (SSSR count). The fourth-order valence-electron chi connectivity index (χ4n) is 5.17. The zero-order valence-electron chi connectivity index (χ0n) is 20.7. The van der Waals surface area contributed by atoms with Crippen molar-refractivity contribution in [1.29, 1.82) is 0 Å². The first-order valence-electron chi connectivity index (χ1n) is 13.1. The largest absolute Gasteiger partial charge is 0.459 e. The quantitative estimate of drug-likeness (QED) is 0.251. The fraction of sp³-hybridized carbons (Fsp3) is 0.567. The summed E-state index contributed by atoms with van der Waals surface area (Å²) < 4.78 is 20.6. The van der Waals surface area contributed by atoms with Gasteiger partial charge in [0, 0.05) is 5.56 Å². The van der Waals surface area contributed by atoms with Gasteiger partial charge in [0.05, 0.1) is 11.7 Å². The number of unbranched alkanes of at least 4 members (excludes halogenated alkanes) is 3. The van der Waals surface area contributed by atoms with Gasteiger partial charge >= 0.3 is 5.97 Å². The highest BCUT2D eigenvalue weighted by Crippen LogP contribution is 2.38. The summed E-state index contributed by atoms with van der Waals surface area (Å²) in [6.07, 6.45) is 12.9. The molecule has 0 N–H and O–H groups in total. The molecule has 0 saturated heterocycles. The topological polar surface area (TPSA) is 26.3 Å². The molecule has 0 heterocycles. The van der Waals surface area contributed by atoms with E-state index >= 15 is 4.39 Å². The van der Waals surface area contributed by atoms with E-state index in [1.165, 1.54) is 44.9 Å². The van der Waals surface area contributed by atoms with Gasteiger partial charge in [-0.1, -0.05) is 70.2 Å². The van der Waals surface area contributed by atoms with Crippen LogP contribution in [0.25, 0.3) is 11.1 Å². The monoisotopic (exact) mass is 452 g/mol. The minimum Gasteiger partial charge on any atom is -0.459 e. The van der Waals surface area contributed by atoms with E-state index in [1.807, 2.05) is 25.1 Å². The summed E-state index contributed by atoms with van der Waals surface area (Å²) >= 11 is 0. The molecule has 0 radical (unpaired) electrons. The summed E-state index contributed by atoms with van der Waals surface area (Å²) in [5.41, 5.74) is 3.01. The molecule has 0 aromatic heterocycles. The molecule has 2 nitrogen and oxygen atoms in total. The maximum Gasteiger partial charge on any atom is 0.338 e. The van der Waals surface area contributed by atoms with Gasteiger partial charge in [-0.25, -0.2) is 9.18 Å². The lowest BCUT2D eigenvalue weighted by atomic mass is 9.77. The number of carbonyl (C=O) groups excluding carboxylic acids is 1. The molecule has 180 valence electrons. The number of ether oxygens (including phenoxy) is 1. The normalized spacial score (nSPS) is 19.3. The van der Waals surface area contributed by atoms with Crippen molar-refractivity contribution in [3.63, 3.8) is 0 Å². The van der Waals surface area contributed by atoms with Gasteiger partial charge < -0.3 is 4.74 Å². The highest BCUT2D eigenvalue weighted by molar-refractivity contribution is 5.90. The van der Waals surface area contributed by atoms with Crippen molar-refractivity contribution in [3.05, 3.63) is 59.4 Å². The highest BCUT2D eigenvalue weighted by Gasteiger charge is 2.22. The third-order valence-corrected chi connectivity index (χ3v) is 7.21. The van der Waals surface area contributed by atoms with Gasteiger partial charge in [0.2, 0.25) is 0 Å². The van der Waals surface area contributed by atoms with Crippen LogP contribution in [0.5, 0.6) is 0 Å². The van der Waals surface area contributed by atoms with Crippen molar-refractivity contribution in [1.82, 2.24) is 0 Å². The maximum absolute atomic E-state index is 15.0. The van der Waals surface area contributed by atoms with E-state index in [4.69, 9.17) is 4.74 Å². The molecular formula is C30H41FO2. The van der Waals surface area contributed by atoms with Gasteiger partial charge in [-0.15, -0.1) is 0 Å². The number of benzene rings is 2. The Kier molecular flexibility index (Phi) is 9.96. The molecule has 1 aliphatic rings. The molecule has 33 heavy (non-hydrogen) atoms. The standard InChI is InChI=1S/C30H41FO2/c1-4-6-7-8-10-22(3)33-30(32)26-17-15-25(16-18-26)28-20-19-27(21-29(28)31)24-13-11-23(9-5-2)12-14-24/h15-24H,4-14H2,1-3H3/t22?,23-,24-. The minimum atomic E-state index is -0.306. The molecule has 0 amide bonds. The van der Waals surface area contributed by atoms with E-state index in [0.717, 1.165) is 42.7 Å². The summed E-state index contributed by atoms with van der Waals surface area (Å²) in [4.78, 5) is 12.4. The summed E-state index contributed by atoms with van der Waals surface area (Å²) in [5.74, 6) is 0.839. The van der Waals surface area contributed by atoms with Crippen molar-refractivity contribution in [2.45, 2.75) is 103 Å². The Morgan fingerprint density at radius 1 is 0.970 bits per heavy atom. The third kappa shape index (κ3) is 7.42. The summed E-state index contributed by atoms with van der Waals surface area (Å²) in [5, 5.41) is 0. The molecule has 1 saturated carbocycles. The Balaban J connectivity index is 1.57. The number of carbonyl (C=O) groups is 1. The van der Waals surface area contributed by atoms with E-state index < -0.39 is 0 Å². The molecule has 3 heteroatoms. The van der Waals surface area contributed by atoms with Gasteiger partial charge in [-0.3, -0.25) is 0 Å². The Labute approximate surface area is 199 Å². The van der Waals surface area contributed by atoms with Gasteiger partial charge in [-0.05, 0) is 86.6 Å². The molecule has 1 unspecified atom stereocenters. The second-order valence-electron chi connectivity index (χ2n) is 9.89. The zero-order chi connectivity index (χ0) is 23.6. The average molecular weight is 453 g/mol. The molecule has 1 atom stereocenters. The Morgan fingerprint density at radius 3 is 2.33 bits per heavy atom. The lowest BCUT2D eigenvalue weighted by Crippen LogP contribution is -2.15. The number of esters is 1. The highest BCUT2D eigenvalue weighted by atomic mass is 19.1. The van der Waals surface area contributed by atoms with Crippen molar-refractivity contribution in [3.8, 4) is 11.1 Å². The first-order valence-corrected chi connectivity index (χ1v) is 13.1. The molecule has 1 fully saturated rings. The zero-order valence-corrected chi connectivity index (χ0v) is 20.7. The summed E-state index contributed by atoms with van der Waals surface area (Å²) in [6.45, 7) is 6.39.